The standard InChI is InChI=1S/C114H155N13O21/c1-77-84-16-9-17-85(77)106(133)117-47-54-127(75-81(15-7-8-40-115)123-112(139)95-21-11-20-94(103(95)131)109(136)120-45-51-125(50-43-116-105(84)132)57-59-140-61-63-142-65-67-144-69-71-146-82-26-30-86-79(73-82)24-28-90-88(86)36-38-113(2)98(90)32-34-100(113)128)56-55-124-48-41-118-107(134)92-18-10-19-93(102(92)130)108(135)119-44-52-126(53-46-122-111(138)97-23-12-22-96(110(137)121-42-49-124)104(97)148-76-78-13-5-4-6-14-78)58-60-141-62-64-143-66-68-145-70-72-147-83-27-31-87-80(74-83)25-29-91-89(87)37-39-114(3)99(91)33-35-101(114)129/h4-6,9-14,16-23,26-27,30-31,73-74,81,88-91,98-101,128-131H,7-8,15,24-25,28-29,32-72,75-76,115H2,1-3H3,(H,116,132)(H,117,133)(H,118,134)(H,119,135)(H,120,136)(H,121,137)(H,122,138)(H,123,139)/t81?,88-,89+,90-,91+,98+,99-,100+,101-,113+,114-/m0/s1. The largest absolute Gasteiger partial charge is 0.506 e. The molecular weight excluding hydrogens is 1890 g/mol. The predicted molar refractivity (Wildman–Crippen MR) is 561 cm³/mol. The van der Waals surface area contributed by atoms with Crippen LogP contribution in [0.4, 0.5) is 0 Å². The normalized spacial score (nSPS) is 24.1. The third-order valence-corrected chi connectivity index (χ3v) is 32.0. The average molecular weight is 2040 g/mol. The number of aliphatic hydroxyl groups is 2. The van der Waals surface area contributed by atoms with Crippen LogP contribution in [-0.4, -0.2) is 329 Å². The number of phenolic OH excluding ortho intramolecular Hbond substituents is 2. The first-order valence-corrected chi connectivity index (χ1v) is 53.8. The van der Waals surface area contributed by atoms with Gasteiger partial charge in [-0.25, -0.2) is 0 Å². The Morgan fingerprint density at radius 1 is 0.365 bits per heavy atom. The van der Waals surface area contributed by atoms with Gasteiger partial charge in [-0.3, -0.25) is 58.0 Å². The highest BCUT2D eigenvalue weighted by Crippen LogP contribution is 2.63. The summed E-state index contributed by atoms with van der Waals surface area (Å²) < 4.78 is 54.2. The molecule has 2 heterocycles. The number of nitrogens with one attached hydrogen (secondary N) is 8. The third-order valence-electron chi connectivity index (χ3n) is 32.0. The molecule has 11 atom stereocenters. The van der Waals surface area contributed by atoms with Gasteiger partial charge >= 0.3 is 0 Å². The molecule has 8 bridgehead atoms. The molecule has 148 heavy (non-hydrogen) atoms. The molecule has 15 rings (SSSR count). The van der Waals surface area contributed by atoms with Crippen molar-refractivity contribution in [1.29, 1.82) is 0 Å². The van der Waals surface area contributed by atoms with Crippen LogP contribution in [0.2, 0.25) is 0 Å². The third kappa shape index (κ3) is 29.5. The molecule has 4 fully saturated rings. The molecule has 1 unspecified atom stereocenters. The molecule has 0 saturated heterocycles. The van der Waals surface area contributed by atoms with E-state index in [2.05, 4.69) is 97.7 Å². The highest BCUT2D eigenvalue weighted by atomic mass is 16.6. The second-order valence-corrected chi connectivity index (χ2v) is 41.1. The van der Waals surface area contributed by atoms with E-state index in [0.717, 1.165) is 94.1 Å². The minimum atomic E-state index is -0.663. The topological polar surface area (TPSA) is 436 Å². The maximum atomic E-state index is 14.8. The molecule has 14 N–H and O–H groups in total. The molecule has 34 nitrogen and oxygen atoms in total. The summed E-state index contributed by atoms with van der Waals surface area (Å²) in [6.45, 7) is 15.5. The van der Waals surface area contributed by atoms with Crippen LogP contribution in [0.5, 0.6) is 28.7 Å². The monoisotopic (exact) mass is 2040 g/mol. The number of hydrogen-bond acceptors (Lipinski definition) is 26. The minimum absolute atomic E-state index is 0.00202. The zero-order valence-corrected chi connectivity index (χ0v) is 86.4. The molecule has 6 aliphatic carbocycles. The van der Waals surface area contributed by atoms with E-state index in [1.165, 1.54) is 58.7 Å². The van der Waals surface area contributed by atoms with Crippen LogP contribution in [0.15, 0.2) is 140 Å². The number of amides is 8. The fourth-order valence-corrected chi connectivity index (χ4v) is 23.7. The molecule has 7 aromatic rings. The minimum Gasteiger partial charge on any atom is -0.506 e. The van der Waals surface area contributed by atoms with Crippen LogP contribution in [0, 0.1) is 41.4 Å². The van der Waals surface area contributed by atoms with Crippen molar-refractivity contribution in [3.8, 4) is 28.7 Å². The molecular formula is C114H155N13O21. The Labute approximate surface area is 869 Å². The molecule has 8 amide bonds. The fourth-order valence-electron chi connectivity index (χ4n) is 23.7. The Morgan fingerprint density at radius 2 is 0.716 bits per heavy atom. The number of carbonyl (C=O) groups excluding carboxylic acids is 8. The smallest absolute Gasteiger partial charge is 0.255 e. The lowest BCUT2D eigenvalue weighted by molar-refractivity contribution is -0.0226. The van der Waals surface area contributed by atoms with Crippen molar-refractivity contribution >= 4 is 47.3 Å². The van der Waals surface area contributed by atoms with Gasteiger partial charge in [-0.05, 0) is 256 Å². The summed E-state index contributed by atoms with van der Waals surface area (Å²) in [7, 11) is 0. The van der Waals surface area contributed by atoms with E-state index < -0.39 is 64.8 Å². The van der Waals surface area contributed by atoms with E-state index in [1.54, 1.807) is 43.3 Å². The predicted octanol–water partition coefficient (Wildman–Crippen LogP) is 9.35. The number of para-hydroxylation sites is 3. The molecule has 7 aromatic carbocycles. The number of phenols is 2. The lowest BCUT2D eigenvalue weighted by Gasteiger charge is -2.50. The van der Waals surface area contributed by atoms with Crippen molar-refractivity contribution < 1.29 is 101 Å². The Kier molecular flexibility index (Phi) is 41.6. The highest BCUT2D eigenvalue weighted by Gasteiger charge is 2.56. The van der Waals surface area contributed by atoms with Crippen molar-refractivity contribution in [2.24, 2.45) is 40.2 Å². The molecule has 802 valence electrons. The fraction of sp³-hybridized carbons (Fsp3) is 0.561. The Bertz CT molecular complexity index is 5570. The van der Waals surface area contributed by atoms with Gasteiger partial charge in [0.1, 0.15) is 48.6 Å². The van der Waals surface area contributed by atoms with Gasteiger partial charge in [0.25, 0.3) is 47.3 Å². The zero-order chi connectivity index (χ0) is 104. The van der Waals surface area contributed by atoms with E-state index in [1.807, 2.05) is 45.0 Å². The summed E-state index contributed by atoms with van der Waals surface area (Å²) in [5, 5.41) is 69.4. The maximum Gasteiger partial charge on any atom is 0.255 e. The van der Waals surface area contributed by atoms with Gasteiger partial charge < -0.3 is 111 Å². The van der Waals surface area contributed by atoms with E-state index in [0.29, 0.717) is 184 Å². The van der Waals surface area contributed by atoms with E-state index in [-0.39, 0.29) is 179 Å². The molecule has 34 heteroatoms. The van der Waals surface area contributed by atoms with Crippen LogP contribution in [0.1, 0.15) is 225 Å². The number of hydrogen-bond donors (Lipinski definition) is 13. The number of carbonyl (C=O) groups is 8. The number of benzene rings is 7. The first kappa shape index (κ1) is 111. The molecule has 0 spiro atoms. The van der Waals surface area contributed by atoms with Gasteiger partial charge in [-0.15, -0.1) is 0 Å². The van der Waals surface area contributed by atoms with E-state index >= 15 is 0 Å². The number of aromatic hydroxyl groups is 2. The molecule has 0 aromatic heterocycles. The van der Waals surface area contributed by atoms with Crippen LogP contribution in [-0.2, 0) is 47.9 Å². The Hall–Kier alpha value is -11.2. The number of nitrogens with two attached hydrogens (primary N) is 1. The van der Waals surface area contributed by atoms with Crippen molar-refractivity contribution in [2.45, 2.75) is 154 Å². The summed E-state index contributed by atoms with van der Waals surface area (Å²) >= 11 is 0. The van der Waals surface area contributed by atoms with Gasteiger partial charge in [-0.1, -0.05) is 87.0 Å². The quantitative estimate of drug-likeness (QED) is 0.0163. The second kappa shape index (κ2) is 55.5. The van der Waals surface area contributed by atoms with Gasteiger partial charge in [0, 0.05) is 142 Å². The Balaban J connectivity index is 0.546. The Morgan fingerprint density at radius 3 is 1.13 bits per heavy atom. The lowest BCUT2D eigenvalue weighted by Crippen LogP contribution is -2.49. The number of aryl methyl sites for hydroxylation is 2. The van der Waals surface area contributed by atoms with Gasteiger partial charge in [0.05, 0.1) is 125 Å². The number of nitrogens with zero attached hydrogens (tertiary/aromatic N) is 4. The number of rotatable bonds is 36. The molecule has 2 aliphatic heterocycles. The molecule has 0 radical (unpaired) electrons. The first-order valence-electron chi connectivity index (χ1n) is 53.8. The lowest BCUT2D eigenvalue weighted by atomic mass is 9.55. The number of ether oxygens (including phenoxy) is 9. The maximum absolute atomic E-state index is 14.8. The van der Waals surface area contributed by atoms with Crippen LogP contribution in [0.3, 0.4) is 0 Å². The zero-order valence-electron chi connectivity index (χ0n) is 86.4. The van der Waals surface area contributed by atoms with Crippen molar-refractivity contribution in [3.05, 3.63) is 217 Å². The first-order chi connectivity index (χ1) is 72.0. The number of unbranched alkanes of at least 4 members (excludes halogenated alkanes) is 1. The van der Waals surface area contributed by atoms with Gasteiger partial charge in [0.2, 0.25) is 0 Å². The van der Waals surface area contributed by atoms with E-state index in [4.69, 9.17) is 48.4 Å². The van der Waals surface area contributed by atoms with Crippen molar-refractivity contribution in [3.63, 3.8) is 0 Å². The van der Waals surface area contributed by atoms with Gasteiger partial charge in [-0.2, -0.15) is 0 Å². The number of fused-ring (bicyclic) bond motifs is 18. The molecule has 8 aliphatic rings. The summed E-state index contributed by atoms with van der Waals surface area (Å²) in [6.07, 6.45) is 14.1. The van der Waals surface area contributed by atoms with Crippen LogP contribution in [0.25, 0.3) is 0 Å². The van der Waals surface area contributed by atoms with Crippen molar-refractivity contribution in [2.75, 3.05) is 223 Å². The summed E-state index contributed by atoms with van der Waals surface area (Å²) in [4.78, 5) is 123. The van der Waals surface area contributed by atoms with E-state index in [9.17, 15) is 58.8 Å². The molecule has 4 saturated carbocycles. The number of aliphatic hydroxyl groups excluding tert-OH is 2. The van der Waals surface area contributed by atoms with Crippen molar-refractivity contribution in [1.82, 2.24) is 62.1 Å². The summed E-state index contributed by atoms with van der Waals surface area (Å²) in [6, 6.07) is 40.3. The second-order valence-electron chi connectivity index (χ2n) is 41.1. The average Bonchev–Trinajstić information content (AvgIpc) is 1.57. The summed E-state index contributed by atoms with van der Waals surface area (Å²) in [5.41, 5.74) is 13.3. The SMILES string of the molecule is Cc1c2cccc1C(=O)NCCN(CCN1CCNC(=O)c3cccc(c3O)C(=O)NCCN(CCOCCOCCOCCOc3ccc4c(c3)CC[C@@H]3[C@@H]4CC[C@]4(C)[C@@H](O)CC[C@@H]34)CCNC(=O)c3cccc(c3OCc3ccccc3)C(=O)NCC1)CC(CCCCN)NC(=O)c1cccc(c1O)C(=O)NCCN(CCOCCOCCOCCOc1ccc3c(c1)CC[C@@H]1[C@H]4CC[C@@H](O)[C@]4(C)CC[C@@H]31)CCNC2=O. The van der Waals surface area contributed by atoms with Crippen LogP contribution >= 0.6 is 0 Å². The van der Waals surface area contributed by atoms with Crippen LogP contribution < -0.4 is 62.5 Å². The summed E-state index contributed by atoms with van der Waals surface area (Å²) in [5.74, 6) is -0.208. The van der Waals surface area contributed by atoms with Gasteiger partial charge in [0.15, 0.2) is 0 Å². The highest BCUT2D eigenvalue weighted by molar-refractivity contribution is 6.06.